The van der Waals surface area contributed by atoms with Gasteiger partial charge in [0, 0.05) is 31.1 Å². The first-order valence-corrected chi connectivity index (χ1v) is 8.15. The Balaban J connectivity index is 1.89. The van der Waals surface area contributed by atoms with Crippen molar-refractivity contribution in [3.63, 3.8) is 0 Å². The predicted octanol–water partition coefficient (Wildman–Crippen LogP) is 1.93. The van der Waals surface area contributed by atoms with Crippen LogP contribution in [0.4, 0.5) is 4.39 Å². The van der Waals surface area contributed by atoms with E-state index in [1.54, 1.807) is 12.1 Å². The maximum Gasteiger partial charge on any atom is 0.307 e. The molecule has 3 unspecified atom stereocenters. The molecule has 1 saturated heterocycles. The summed E-state index contributed by atoms with van der Waals surface area (Å²) in [6.45, 7) is 5.84. The molecule has 3 atom stereocenters. The highest BCUT2D eigenvalue weighted by Gasteiger charge is 2.30. The van der Waals surface area contributed by atoms with Gasteiger partial charge >= 0.3 is 5.97 Å². The minimum absolute atomic E-state index is 0.114. The van der Waals surface area contributed by atoms with Crippen molar-refractivity contribution in [3.8, 4) is 0 Å². The van der Waals surface area contributed by atoms with E-state index in [4.69, 9.17) is 0 Å². The lowest BCUT2D eigenvalue weighted by atomic mass is 9.93. The van der Waals surface area contributed by atoms with E-state index in [1.165, 1.54) is 6.07 Å². The Labute approximate surface area is 136 Å². The molecular weight excluding hydrogens is 297 g/mol. The van der Waals surface area contributed by atoms with Crippen molar-refractivity contribution in [1.82, 2.24) is 16.2 Å². The smallest absolute Gasteiger partial charge is 0.307 e. The lowest BCUT2D eigenvalue weighted by molar-refractivity contribution is -0.142. The molecule has 1 fully saturated rings. The zero-order valence-electron chi connectivity index (χ0n) is 13.7. The summed E-state index contributed by atoms with van der Waals surface area (Å²) in [4.78, 5) is 11.3. The molecule has 1 aromatic carbocycles. The van der Waals surface area contributed by atoms with Crippen LogP contribution in [-0.4, -0.2) is 30.7 Å². The van der Waals surface area contributed by atoms with E-state index in [1.807, 2.05) is 19.9 Å². The van der Waals surface area contributed by atoms with Gasteiger partial charge in [-0.2, -0.15) is 0 Å². The zero-order chi connectivity index (χ0) is 16.8. The Kier molecular flexibility index (Phi) is 6.50. The predicted molar refractivity (Wildman–Crippen MR) is 87.2 cm³/mol. The van der Waals surface area contributed by atoms with Gasteiger partial charge < -0.3 is 10.4 Å². The van der Waals surface area contributed by atoms with Crippen molar-refractivity contribution in [2.45, 2.75) is 26.3 Å². The largest absolute Gasteiger partial charge is 0.481 e. The van der Waals surface area contributed by atoms with E-state index >= 15 is 0 Å². The standard InChI is InChI=1S/C17H26FN3O2/c1-11(2)7-12(17(22)23)8-19-9-13-10-20-21-16(13)14-5-3-4-6-15(14)18/h3-6,11-13,16,19-21H,7-10H2,1-2H3,(H,22,23). The summed E-state index contributed by atoms with van der Waals surface area (Å²) in [6.07, 6.45) is 0.653. The molecule has 6 heteroatoms. The summed E-state index contributed by atoms with van der Waals surface area (Å²) in [7, 11) is 0. The van der Waals surface area contributed by atoms with Gasteiger partial charge in [-0.1, -0.05) is 32.0 Å². The summed E-state index contributed by atoms with van der Waals surface area (Å²) in [6, 6.07) is 6.63. The van der Waals surface area contributed by atoms with E-state index in [9.17, 15) is 14.3 Å². The third-order valence-electron chi connectivity index (χ3n) is 4.24. The number of rotatable bonds is 8. The summed E-state index contributed by atoms with van der Waals surface area (Å²) >= 11 is 0. The molecule has 2 rings (SSSR count). The number of carbonyl (C=O) groups is 1. The van der Waals surface area contributed by atoms with Gasteiger partial charge in [0.15, 0.2) is 0 Å². The molecule has 0 saturated carbocycles. The van der Waals surface area contributed by atoms with Gasteiger partial charge in [0.05, 0.1) is 12.0 Å². The number of aliphatic carboxylic acids is 1. The van der Waals surface area contributed by atoms with Crippen LogP contribution >= 0.6 is 0 Å². The second kappa shape index (κ2) is 8.38. The number of hydrogen-bond acceptors (Lipinski definition) is 4. The van der Waals surface area contributed by atoms with Crippen LogP contribution in [0.15, 0.2) is 24.3 Å². The molecule has 1 aliphatic rings. The Hall–Kier alpha value is -1.50. The van der Waals surface area contributed by atoms with Crippen molar-refractivity contribution in [3.05, 3.63) is 35.6 Å². The first-order valence-electron chi connectivity index (χ1n) is 8.15. The topological polar surface area (TPSA) is 73.4 Å². The molecule has 0 spiro atoms. The molecule has 4 N–H and O–H groups in total. The summed E-state index contributed by atoms with van der Waals surface area (Å²) < 4.78 is 13.9. The fourth-order valence-corrected chi connectivity index (χ4v) is 3.07. The van der Waals surface area contributed by atoms with Crippen molar-refractivity contribution in [2.24, 2.45) is 17.8 Å². The van der Waals surface area contributed by atoms with Crippen LogP contribution in [-0.2, 0) is 4.79 Å². The van der Waals surface area contributed by atoms with Crippen molar-refractivity contribution >= 4 is 5.97 Å². The Morgan fingerprint density at radius 2 is 2.17 bits per heavy atom. The third-order valence-corrected chi connectivity index (χ3v) is 4.24. The van der Waals surface area contributed by atoms with Crippen LogP contribution in [0.5, 0.6) is 0 Å². The third kappa shape index (κ3) is 4.99. The molecule has 0 aromatic heterocycles. The summed E-state index contributed by atoms with van der Waals surface area (Å²) in [5.41, 5.74) is 6.82. The van der Waals surface area contributed by atoms with E-state index < -0.39 is 5.97 Å². The van der Waals surface area contributed by atoms with Crippen molar-refractivity contribution in [2.75, 3.05) is 19.6 Å². The maximum atomic E-state index is 13.9. The molecule has 5 nitrogen and oxygen atoms in total. The number of nitrogens with one attached hydrogen (secondary N) is 3. The van der Waals surface area contributed by atoms with Crippen molar-refractivity contribution < 1.29 is 14.3 Å². The van der Waals surface area contributed by atoms with Crippen LogP contribution in [0, 0.1) is 23.6 Å². The quantitative estimate of drug-likeness (QED) is 0.588. The minimum Gasteiger partial charge on any atom is -0.481 e. The van der Waals surface area contributed by atoms with Crippen LogP contribution in [0.25, 0.3) is 0 Å². The zero-order valence-corrected chi connectivity index (χ0v) is 13.7. The first-order chi connectivity index (χ1) is 11.0. The molecule has 1 aromatic rings. The molecule has 0 radical (unpaired) electrons. The van der Waals surface area contributed by atoms with Gasteiger partial charge in [-0.05, 0) is 18.4 Å². The second-order valence-corrected chi connectivity index (χ2v) is 6.61. The Bertz CT molecular complexity index is 524. The lowest BCUT2D eigenvalue weighted by Crippen LogP contribution is -2.35. The minimum atomic E-state index is -0.764. The summed E-state index contributed by atoms with van der Waals surface area (Å²) in [5, 5.41) is 12.5. The average Bonchev–Trinajstić information content (AvgIpc) is 2.94. The van der Waals surface area contributed by atoms with Gasteiger partial charge in [-0.25, -0.2) is 9.82 Å². The molecule has 0 amide bonds. The maximum absolute atomic E-state index is 13.9. The highest BCUT2D eigenvalue weighted by Crippen LogP contribution is 2.26. The number of hydrazine groups is 1. The average molecular weight is 323 g/mol. The lowest BCUT2D eigenvalue weighted by Gasteiger charge is -2.21. The normalized spacial score (nSPS) is 22.4. The van der Waals surface area contributed by atoms with Gasteiger partial charge in [0.25, 0.3) is 0 Å². The number of hydrogen-bond donors (Lipinski definition) is 4. The van der Waals surface area contributed by atoms with Crippen LogP contribution < -0.4 is 16.2 Å². The second-order valence-electron chi connectivity index (χ2n) is 6.61. The number of carboxylic acids is 1. The molecular formula is C17H26FN3O2. The van der Waals surface area contributed by atoms with E-state index in [-0.39, 0.29) is 23.7 Å². The summed E-state index contributed by atoms with van der Waals surface area (Å²) in [5.74, 6) is -0.857. The molecule has 0 bridgehead atoms. The first kappa shape index (κ1) is 17.8. The molecule has 128 valence electrons. The monoisotopic (exact) mass is 323 g/mol. The van der Waals surface area contributed by atoms with Crippen LogP contribution in [0.3, 0.4) is 0 Å². The van der Waals surface area contributed by atoms with Crippen LogP contribution in [0.1, 0.15) is 31.9 Å². The molecule has 23 heavy (non-hydrogen) atoms. The fourth-order valence-electron chi connectivity index (χ4n) is 3.07. The highest BCUT2D eigenvalue weighted by molar-refractivity contribution is 5.70. The highest BCUT2D eigenvalue weighted by atomic mass is 19.1. The number of carboxylic acid groups (broad SMARTS) is 1. The van der Waals surface area contributed by atoms with E-state index in [2.05, 4.69) is 16.2 Å². The van der Waals surface area contributed by atoms with Crippen LogP contribution in [0.2, 0.25) is 0 Å². The molecule has 1 heterocycles. The fraction of sp³-hybridized carbons (Fsp3) is 0.588. The van der Waals surface area contributed by atoms with Gasteiger partial charge in [-0.15, -0.1) is 0 Å². The number of benzene rings is 1. The number of halogens is 1. The van der Waals surface area contributed by atoms with Gasteiger partial charge in [0.1, 0.15) is 5.82 Å². The Morgan fingerprint density at radius 3 is 2.83 bits per heavy atom. The van der Waals surface area contributed by atoms with E-state index in [0.29, 0.717) is 37.5 Å². The molecule has 0 aliphatic carbocycles. The molecule has 1 aliphatic heterocycles. The van der Waals surface area contributed by atoms with Gasteiger partial charge in [0.2, 0.25) is 0 Å². The van der Waals surface area contributed by atoms with Crippen molar-refractivity contribution in [1.29, 1.82) is 0 Å². The Morgan fingerprint density at radius 1 is 1.43 bits per heavy atom. The van der Waals surface area contributed by atoms with E-state index in [0.717, 1.165) is 0 Å². The SMILES string of the molecule is CC(C)CC(CNCC1CNNC1c1ccccc1F)C(=O)O. The van der Waals surface area contributed by atoms with Gasteiger partial charge in [-0.3, -0.25) is 10.2 Å².